The molecule has 4 rings (SSSR count). The number of hydrogen-bond acceptors (Lipinski definition) is 6. The molecule has 0 saturated heterocycles. The quantitative estimate of drug-likeness (QED) is 0.548. The van der Waals surface area contributed by atoms with Crippen LogP contribution in [0.3, 0.4) is 0 Å². The number of amides is 1. The Bertz CT molecular complexity index is 1170. The largest absolute Gasteiger partial charge is 0.471 e. The van der Waals surface area contributed by atoms with Crippen LogP contribution >= 0.6 is 11.8 Å². The van der Waals surface area contributed by atoms with Crippen molar-refractivity contribution in [3.63, 3.8) is 0 Å². The highest BCUT2D eigenvalue weighted by Crippen LogP contribution is 2.35. The molecule has 1 amide bonds. The summed E-state index contributed by atoms with van der Waals surface area (Å²) in [5.74, 6) is 1.72. The Morgan fingerprint density at radius 3 is 2.62 bits per heavy atom. The van der Waals surface area contributed by atoms with E-state index in [1.165, 1.54) is 0 Å². The fraction of sp³-hybridized carbons (Fsp3) is 0.292. The SMILES string of the molecule is CSc1ccc(Oc2cc(C(=O)N(C)C)cc(-c3ccc(C4=NC[C@H](C)O4)[nH]3)c2C)cn1. The molecule has 0 spiro atoms. The summed E-state index contributed by atoms with van der Waals surface area (Å²) < 4.78 is 11.9. The summed E-state index contributed by atoms with van der Waals surface area (Å²) in [6, 6.07) is 11.4. The van der Waals surface area contributed by atoms with Gasteiger partial charge in [-0.15, -0.1) is 11.8 Å². The zero-order valence-electron chi connectivity index (χ0n) is 18.8. The van der Waals surface area contributed by atoms with Crippen LogP contribution in [-0.2, 0) is 4.74 Å². The molecule has 1 N–H and O–H groups in total. The molecule has 1 atom stereocenters. The van der Waals surface area contributed by atoms with E-state index in [1.54, 1.807) is 43.0 Å². The minimum Gasteiger partial charge on any atom is -0.471 e. The average Bonchev–Trinajstić information content (AvgIpc) is 3.44. The number of carbonyl (C=O) groups excluding carboxylic acids is 1. The van der Waals surface area contributed by atoms with Crippen molar-refractivity contribution in [2.45, 2.75) is 25.0 Å². The minimum absolute atomic E-state index is 0.0747. The number of thioether (sulfide) groups is 1. The predicted molar refractivity (Wildman–Crippen MR) is 127 cm³/mol. The normalized spacial score (nSPS) is 15.3. The Hall–Kier alpha value is -3.26. The van der Waals surface area contributed by atoms with Crippen LogP contribution < -0.4 is 4.74 Å². The highest BCUT2D eigenvalue weighted by atomic mass is 32.2. The average molecular weight is 451 g/mol. The molecule has 3 heterocycles. The van der Waals surface area contributed by atoms with Crippen molar-refractivity contribution < 1.29 is 14.3 Å². The van der Waals surface area contributed by atoms with E-state index in [4.69, 9.17) is 9.47 Å². The molecule has 0 bridgehead atoms. The number of H-pyrrole nitrogens is 1. The molecule has 2 aromatic heterocycles. The van der Waals surface area contributed by atoms with Crippen molar-refractivity contribution in [1.29, 1.82) is 0 Å². The summed E-state index contributed by atoms with van der Waals surface area (Å²) in [7, 11) is 3.47. The van der Waals surface area contributed by atoms with Gasteiger partial charge in [-0.2, -0.15) is 0 Å². The van der Waals surface area contributed by atoms with Crippen LogP contribution in [0.5, 0.6) is 11.5 Å². The molecule has 0 fully saturated rings. The maximum atomic E-state index is 12.8. The molecular weight excluding hydrogens is 424 g/mol. The molecule has 1 aromatic carbocycles. The first-order valence-electron chi connectivity index (χ1n) is 10.3. The number of nitrogens with one attached hydrogen (secondary N) is 1. The first-order chi connectivity index (χ1) is 15.4. The monoisotopic (exact) mass is 450 g/mol. The van der Waals surface area contributed by atoms with Crippen molar-refractivity contribution in [1.82, 2.24) is 14.9 Å². The number of hydrogen-bond donors (Lipinski definition) is 1. The zero-order chi connectivity index (χ0) is 22.8. The Labute approximate surface area is 191 Å². The van der Waals surface area contributed by atoms with Gasteiger partial charge in [0.2, 0.25) is 5.90 Å². The summed E-state index contributed by atoms with van der Waals surface area (Å²) in [5.41, 5.74) is 3.99. The molecule has 32 heavy (non-hydrogen) atoms. The number of pyridine rings is 1. The lowest BCUT2D eigenvalue weighted by molar-refractivity contribution is 0.0827. The van der Waals surface area contributed by atoms with E-state index in [1.807, 2.05) is 50.4 Å². The first-order valence-corrected chi connectivity index (χ1v) is 11.5. The summed E-state index contributed by atoms with van der Waals surface area (Å²) in [6.07, 6.45) is 3.74. The molecule has 0 radical (unpaired) electrons. The molecule has 0 unspecified atom stereocenters. The summed E-state index contributed by atoms with van der Waals surface area (Å²) >= 11 is 1.57. The third-order valence-electron chi connectivity index (χ3n) is 5.17. The third kappa shape index (κ3) is 4.50. The van der Waals surface area contributed by atoms with Crippen molar-refractivity contribution in [2.75, 3.05) is 26.9 Å². The second kappa shape index (κ2) is 9.08. The number of carbonyl (C=O) groups is 1. The molecule has 1 aliphatic rings. The van der Waals surface area contributed by atoms with Gasteiger partial charge in [-0.3, -0.25) is 4.79 Å². The number of ether oxygens (including phenoxy) is 2. The Kier molecular flexibility index (Phi) is 6.23. The fourth-order valence-corrected chi connectivity index (χ4v) is 3.79. The summed E-state index contributed by atoms with van der Waals surface area (Å²) in [5, 5.41) is 0.913. The molecule has 0 aliphatic carbocycles. The summed E-state index contributed by atoms with van der Waals surface area (Å²) in [4.78, 5) is 26.5. The van der Waals surface area contributed by atoms with E-state index in [9.17, 15) is 4.79 Å². The lowest BCUT2D eigenvalue weighted by atomic mass is 10.0. The van der Waals surface area contributed by atoms with Gasteiger partial charge in [-0.05, 0) is 56.5 Å². The maximum absolute atomic E-state index is 12.8. The van der Waals surface area contributed by atoms with E-state index in [2.05, 4.69) is 15.0 Å². The van der Waals surface area contributed by atoms with Crippen molar-refractivity contribution in [3.8, 4) is 22.8 Å². The number of benzene rings is 1. The van der Waals surface area contributed by atoms with Gasteiger partial charge in [0, 0.05) is 36.5 Å². The minimum atomic E-state index is -0.101. The van der Waals surface area contributed by atoms with E-state index >= 15 is 0 Å². The van der Waals surface area contributed by atoms with Crippen molar-refractivity contribution in [3.05, 3.63) is 59.4 Å². The number of rotatable bonds is 6. The second-order valence-electron chi connectivity index (χ2n) is 7.84. The first kappa shape index (κ1) is 22.0. The van der Waals surface area contributed by atoms with Gasteiger partial charge in [-0.1, -0.05) is 0 Å². The van der Waals surface area contributed by atoms with Crippen LogP contribution in [0.2, 0.25) is 0 Å². The van der Waals surface area contributed by atoms with Crippen LogP contribution in [0.15, 0.2) is 52.6 Å². The predicted octanol–water partition coefficient (Wildman–Crippen LogP) is 4.77. The van der Waals surface area contributed by atoms with Crippen molar-refractivity contribution >= 4 is 23.6 Å². The van der Waals surface area contributed by atoms with Crippen molar-refractivity contribution in [2.24, 2.45) is 4.99 Å². The maximum Gasteiger partial charge on any atom is 0.253 e. The molecule has 0 saturated carbocycles. The van der Waals surface area contributed by atoms with Gasteiger partial charge in [0.15, 0.2) is 0 Å². The number of aromatic nitrogens is 2. The van der Waals surface area contributed by atoms with E-state index in [0.717, 1.165) is 27.5 Å². The van der Waals surface area contributed by atoms with Gasteiger partial charge >= 0.3 is 0 Å². The van der Waals surface area contributed by atoms with E-state index in [-0.39, 0.29) is 12.0 Å². The number of nitrogens with zero attached hydrogens (tertiary/aromatic N) is 3. The van der Waals surface area contributed by atoms with Crippen LogP contribution in [0.25, 0.3) is 11.3 Å². The van der Waals surface area contributed by atoms with E-state index < -0.39 is 0 Å². The lowest BCUT2D eigenvalue weighted by Gasteiger charge is -2.17. The molecule has 1 aliphatic heterocycles. The number of aliphatic imine (C=N–C) groups is 1. The van der Waals surface area contributed by atoms with Gasteiger partial charge < -0.3 is 19.4 Å². The standard InChI is InChI=1S/C24H26N4O3S/c1-14-12-26-23(30-14)20-8-7-19(27-20)18-10-16(24(29)28(3)4)11-21(15(18)2)31-17-6-9-22(32-5)25-13-17/h6-11,13-14,27H,12H2,1-5H3/t14-/m0/s1. The highest BCUT2D eigenvalue weighted by molar-refractivity contribution is 7.98. The Morgan fingerprint density at radius 2 is 2.00 bits per heavy atom. The van der Waals surface area contributed by atoms with Crippen LogP contribution in [0.4, 0.5) is 0 Å². The van der Waals surface area contributed by atoms with E-state index in [0.29, 0.717) is 29.5 Å². The molecule has 166 valence electrons. The second-order valence-corrected chi connectivity index (χ2v) is 8.67. The summed E-state index contributed by atoms with van der Waals surface area (Å²) in [6.45, 7) is 4.62. The highest BCUT2D eigenvalue weighted by Gasteiger charge is 2.21. The van der Waals surface area contributed by atoms with Gasteiger partial charge in [0.25, 0.3) is 5.91 Å². The lowest BCUT2D eigenvalue weighted by Crippen LogP contribution is -2.21. The topological polar surface area (TPSA) is 79.8 Å². The van der Waals surface area contributed by atoms with Gasteiger partial charge in [-0.25, -0.2) is 9.98 Å². The van der Waals surface area contributed by atoms with Gasteiger partial charge in [0.1, 0.15) is 23.3 Å². The Balaban J connectivity index is 1.74. The van der Waals surface area contributed by atoms with Crippen LogP contribution in [0.1, 0.15) is 28.5 Å². The van der Waals surface area contributed by atoms with Crippen LogP contribution in [0, 0.1) is 6.92 Å². The van der Waals surface area contributed by atoms with Crippen LogP contribution in [-0.4, -0.2) is 59.7 Å². The van der Waals surface area contributed by atoms with Gasteiger partial charge in [0.05, 0.1) is 17.8 Å². The molecular formula is C24H26N4O3S. The fourth-order valence-electron chi connectivity index (χ4n) is 3.43. The Morgan fingerprint density at radius 1 is 1.22 bits per heavy atom. The smallest absolute Gasteiger partial charge is 0.253 e. The molecule has 3 aromatic rings. The third-order valence-corrected chi connectivity index (χ3v) is 5.83. The zero-order valence-corrected chi connectivity index (χ0v) is 19.6. The number of aromatic amines is 1. The molecule has 8 heteroatoms. The molecule has 7 nitrogen and oxygen atoms in total.